The van der Waals surface area contributed by atoms with Gasteiger partial charge >= 0.3 is 0 Å². The predicted octanol–water partition coefficient (Wildman–Crippen LogP) is 2.99. The van der Waals surface area contributed by atoms with Crippen molar-refractivity contribution < 1.29 is 4.79 Å². The van der Waals surface area contributed by atoms with Gasteiger partial charge in [-0.3, -0.25) is 9.20 Å². The molecule has 0 radical (unpaired) electrons. The average Bonchev–Trinajstić information content (AvgIpc) is 3.11. The first-order valence-electron chi connectivity index (χ1n) is 8.47. The zero-order valence-electron chi connectivity index (χ0n) is 15.4. The summed E-state index contributed by atoms with van der Waals surface area (Å²) in [5, 5.41) is 3.20. The summed E-state index contributed by atoms with van der Waals surface area (Å²) in [5.74, 6) is -0.103. The number of fused-ring (bicyclic) bond motifs is 1. The lowest BCUT2D eigenvalue weighted by atomic mass is 9.86. The third kappa shape index (κ3) is 3.57. The molecule has 0 saturated carbocycles. The summed E-state index contributed by atoms with van der Waals surface area (Å²) in [6.45, 7) is 10.9. The van der Waals surface area contributed by atoms with E-state index in [2.05, 4.69) is 36.1 Å². The molecule has 0 aromatic carbocycles. The molecular weight excluding hydrogens is 314 g/mol. The first-order chi connectivity index (χ1) is 11.8. The third-order valence-corrected chi connectivity index (χ3v) is 4.47. The number of aromatic nitrogens is 4. The smallest absolute Gasteiger partial charge is 0.270 e. The number of nitrogens with one attached hydrogen (secondary N) is 1. The third-order valence-electron chi connectivity index (χ3n) is 4.47. The fourth-order valence-corrected chi connectivity index (χ4v) is 2.91. The Morgan fingerprint density at radius 2 is 2.04 bits per heavy atom. The summed E-state index contributed by atoms with van der Waals surface area (Å²) < 4.78 is 3.84. The van der Waals surface area contributed by atoms with Gasteiger partial charge in [0.05, 0.1) is 18.1 Å². The normalized spacial score (nSPS) is 13.2. The van der Waals surface area contributed by atoms with Crippen LogP contribution in [0.1, 0.15) is 42.5 Å². The molecule has 6 nitrogen and oxygen atoms in total. The minimum atomic E-state index is -0.103. The second-order valence-electron chi connectivity index (χ2n) is 7.63. The predicted molar refractivity (Wildman–Crippen MR) is 97.6 cm³/mol. The highest BCUT2D eigenvalue weighted by Gasteiger charge is 2.28. The zero-order valence-corrected chi connectivity index (χ0v) is 15.4. The number of carbonyl (C=O) groups is 1. The Hall–Kier alpha value is -2.63. The monoisotopic (exact) mass is 339 g/mol. The lowest BCUT2D eigenvalue weighted by molar-refractivity contribution is 0.0886. The van der Waals surface area contributed by atoms with Crippen LogP contribution < -0.4 is 5.32 Å². The van der Waals surface area contributed by atoms with Crippen molar-refractivity contribution in [2.24, 2.45) is 5.41 Å². The van der Waals surface area contributed by atoms with E-state index in [0.29, 0.717) is 12.2 Å². The Labute approximate surface area is 147 Å². The van der Waals surface area contributed by atoms with Crippen LogP contribution in [0.15, 0.2) is 37.1 Å². The molecule has 3 aromatic heterocycles. The summed E-state index contributed by atoms with van der Waals surface area (Å²) in [6.07, 6.45) is 7.33. The van der Waals surface area contributed by atoms with Crippen LogP contribution in [0.2, 0.25) is 0 Å². The number of aryl methyl sites for hydroxylation is 2. The largest absolute Gasteiger partial charge is 0.346 e. The van der Waals surface area contributed by atoms with Gasteiger partial charge in [0.2, 0.25) is 0 Å². The van der Waals surface area contributed by atoms with Gasteiger partial charge in [-0.2, -0.15) is 0 Å². The number of rotatable bonds is 4. The summed E-state index contributed by atoms with van der Waals surface area (Å²) in [4.78, 5) is 21.6. The van der Waals surface area contributed by atoms with E-state index < -0.39 is 0 Å². The van der Waals surface area contributed by atoms with Crippen LogP contribution in [0.4, 0.5) is 0 Å². The molecule has 3 rings (SSSR count). The standard InChI is InChI=1S/C19H25N5O/c1-13-6-8-24-16(10-13)21-14(2)17(24)18(25)22-15(19(3,4)5)11-23-9-7-20-12-23/h6-10,12,15H,11H2,1-5H3,(H,22,25). The lowest BCUT2D eigenvalue weighted by Crippen LogP contribution is -2.46. The van der Waals surface area contributed by atoms with Gasteiger partial charge in [0, 0.05) is 25.1 Å². The molecule has 25 heavy (non-hydrogen) atoms. The van der Waals surface area contributed by atoms with Crippen LogP contribution in [-0.4, -0.2) is 30.9 Å². The zero-order chi connectivity index (χ0) is 18.2. The van der Waals surface area contributed by atoms with Crippen LogP contribution in [0.25, 0.3) is 5.65 Å². The highest BCUT2D eigenvalue weighted by molar-refractivity contribution is 5.94. The summed E-state index contributed by atoms with van der Waals surface area (Å²) in [7, 11) is 0. The maximum absolute atomic E-state index is 13.0. The molecule has 0 saturated heterocycles. The molecule has 0 aliphatic rings. The average molecular weight is 339 g/mol. The Balaban J connectivity index is 1.90. The fourth-order valence-electron chi connectivity index (χ4n) is 2.91. The van der Waals surface area contributed by atoms with Gasteiger partial charge in [-0.05, 0) is 37.0 Å². The highest BCUT2D eigenvalue weighted by atomic mass is 16.2. The van der Waals surface area contributed by atoms with E-state index in [-0.39, 0.29) is 17.4 Å². The maximum Gasteiger partial charge on any atom is 0.270 e. The van der Waals surface area contributed by atoms with Gasteiger partial charge in [-0.1, -0.05) is 20.8 Å². The summed E-state index contributed by atoms with van der Waals surface area (Å²) in [5.41, 5.74) is 3.15. The quantitative estimate of drug-likeness (QED) is 0.795. The van der Waals surface area contributed by atoms with Gasteiger partial charge in [-0.15, -0.1) is 0 Å². The van der Waals surface area contributed by atoms with Crippen molar-refractivity contribution in [1.29, 1.82) is 0 Å². The van der Waals surface area contributed by atoms with E-state index in [0.717, 1.165) is 16.9 Å². The molecule has 0 spiro atoms. The van der Waals surface area contributed by atoms with Crippen molar-refractivity contribution >= 4 is 11.6 Å². The van der Waals surface area contributed by atoms with Gasteiger partial charge < -0.3 is 9.88 Å². The first kappa shape index (κ1) is 17.2. The van der Waals surface area contributed by atoms with E-state index in [1.807, 2.05) is 47.3 Å². The fraction of sp³-hybridized carbons (Fsp3) is 0.421. The Morgan fingerprint density at radius 3 is 2.68 bits per heavy atom. The second kappa shape index (κ2) is 6.35. The van der Waals surface area contributed by atoms with Crippen molar-refractivity contribution in [3.05, 3.63) is 54.0 Å². The Kier molecular flexibility index (Phi) is 4.37. The van der Waals surface area contributed by atoms with Crippen molar-refractivity contribution in [2.45, 2.75) is 47.2 Å². The minimum Gasteiger partial charge on any atom is -0.346 e. The first-order valence-corrected chi connectivity index (χ1v) is 8.47. The molecule has 0 bridgehead atoms. The van der Waals surface area contributed by atoms with E-state index in [1.165, 1.54) is 0 Å². The molecule has 132 valence electrons. The molecule has 3 aromatic rings. The summed E-state index contributed by atoms with van der Waals surface area (Å²) >= 11 is 0. The molecule has 1 N–H and O–H groups in total. The van der Waals surface area contributed by atoms with Gasteiger partial charge in [-0.25, -0.2) is 9.97 Å². The number of imidazole rings is 2. The lowest BCUT2D eigenvalue weighted by Gasteiger charge is -2.31. The molecule has 0 aliphatic carbocycles. The number of amides is 1. The van der Waals surface area contributed by atoms with E-state index >= 15 is 0 Å². The molecule has 1 unspecified atom stereocenters. The topological polar surface area (TPSA) is 64.2 Å². The molecule has 6 heteroatoms. The van der Waals surface area contributed by atoms with Crippen LogP contribution in [0, 0.1) is 19.3 Å². The molecule has 0 aliphatic heterocycles. The number of hydrogen-bond acceptors (Lipinski definition) is 3. The number of carbonyl (C=O) groups excluding carboxylic acids is 1. The maximum atomic E-state index is 13.0. The second-order valence-corrected chi connectivity index (χ2v) is 7.63. The Morgan fingerprint density at radius 1 is 1.28 bits per heavy atom. The van der Waals surface area contributed by atoms with Crippen molar-refractivity contribution in [3.63, 3.8) is 0 Å². The van der Waals surface area contributed by atoms with Gasteiger partial charge in [0.1, 0.15) is 11.3 Å². The Bertz CT molecular complexity index is 887. The van der Waals surface area contributed by atoms with Crippen LogP contribution in [-0.2, 0) is 6.54 Å². The van der Waals surface area contributed by atoms with Crippen LogP contribution in [0.5, 0.6) is 0 Å². The van der Waals surface area contributed by atoms with Crippen LogP contribution in [0.3, 0.4) is 0 Å². The molecule has 1 atom stereocenters. The number of hydrogen-bond donors (Lipinski definition) is 1. The highest BCUT2D eigenvalue weighted by Crippen LogP contribution is 2.22. The van der Waals surface area contributed by atoms with Gasteiger partial charge in [0.25, 0.3) is 5.91 Å². The van der Waals surface area contributed by atoms with E-state index in [1.54, 1.807) is 12.5 Å². The van der Waals surface area contributed by atoms with Crippen LogP contribution >= 0.6 is 0 Å². The SMILES string of the molecule is Cc1ccn2c(C(=O)NC(Cn3ccnc3)C(C)(C)C)c(C)nc2c1. The van der Waals surface area contributed by atoms with Crippen molar-refractivity contribution in [2.75, 3.05) is 0 Å². The van der Waals surface area contributed by atoms with E-state index in [4.69, 9.17) is 0 Å². The molecule has 1 amide bonds. The summed E-state index contributed by atoms with van der Waals surface area (Å²) in [6, 6.07) is 3.93. The molecule has 0 fully saturated rings. The minimum absolute atomic E-state index is 0.0374. The molecular formula is C19H25N5O. The van der Waals surface area contributed by atoms with Gasteiger partial charge in [0.15, 0.2) is 0 Å². The number of nitrogens with zero attached hydrogens (tertiary/aromatic N) is 4. The van der Waals surface area contributed by atoms with E-state index in [9.17, 15) is 4.79 Å². The number of pyridine rings is 1. The van der Waals surface area contributed by atoms with Crippen molar-refractivity contribution in [3.8, 4) is 0 Å². The molecule has 3 heterocycles. The van der Waals surface area contributed by atoms with Crippen molar-refractivity contribution in [1.82, 2.24) is 24.3 Å².